The zero-order chi connectivity index (χ0) is 16.5. The zero-order valence-electron chi connectivity index (χ0n) is 13.9. The molecule has 5 nitrogen and oxygen atoms in total. The normalized spacial score (nSPS) is 12.7. The number of aliphatic imine (C=N–C) groups is 1. The van der Waals surface area contributed by atoms with E-state index in [0.29, 0.717) is 18.3 Å². The summed E-state index contributed by atoms with van der Waals surface area (Å²) >= 11 is 1.81. The molecular weight excluding hydrogens is 308 g/mol. The van der Waals surface area contributed by atoms with Crippen molar-refractivity contribution in [1.82, 2.24) is 15.6 Å². The average molecular weight is 332 g/mol. The minimum atomic E-state index is 0.551. The van der Waals surface area contributed by atoms with Gasteiger partial charge in [0.2, 0.25) is 5.88 Å². The molecule has 0 spiro atoms. The van der Waals surface area contributed by atoms with Crippen LogP contribution in [0.3, 0.4) is 0 Å². The number of guanidine groups is 1. The van der Waals surface area contributed by atoms with E-state index in [4.69, 9.17) is 4.74 Å². The quantitative estimate of drug-likeness (QED) is 0.604. The first-order valence-corrected chi connectivity index (χ1v) is 8.55. The van der Waals surface area contributed by atoms with Gasteiger partial charge in [-0.05, 0) is 29.3 Å². The monoisotopic (exact) mass is 332 g/mol. The highest BCUT2D eigenvalue weighted by Gasteiger charge is 2.06. The number of hydrogen-bond acceptors (Lipinski definition) is 4. The van der Waals surface area contributed by atoms with Crippen molar-refractivity contribution in [2.45, 2.75) is 19.9 Å². The Bertz CT molecular complexity index is 596. The minimum Gasteiger partial charge on any atom is -0.481 e. The minimum absolute atomic E-state index is 0.551. The molecule has 1 atom stereocenters. The molecule has 0 aromatic carbocycles. The van der Waals surface area contributed by atoms with Crippen LogP contribution >= 0.6 is 11.3 Å². The Kier molecular flexibility index (Phi) is 6.87. The van der Waals surface area contributed by atoms with Gasteiger partial charge in [0.1, 0.15) is 0 Å². The Balaban J connectivity index is 1.74. The predicted octanol–water partition coefficient (Wildman–Crippen LogP) is 2.70. The fourth-order valence-corrected chi connectivity index (χ4v) is 3.03. The number of aromatic nitrogens is 1. The fourth-order valence-electron chi connectivity index (χ4n) is 2.16. The zero-order valence-corrected chi connectivity index (χ0v) is 14.7. The van der Waals surface area contributed by atoms with Crippen molar-refractivity contribution < 1.29 is 4.74 Å². The maximum atomic E-state index is 5.06. The Morgan fingerprint density at radius 2 is 2.22 bits per heavy atom. The molecule has 0 fully saturated rings. The van der Waals surface area contributed by atoms with Crippen LogP contribution in [0.1, 0.15) is 17.4 Å². The molecule has 0 aliphatic carbocycles. The lowest BCUT2D eigenvalue weighted by atomic mass is 10.1. The van der Waals surface area contributed by atoms with E-state index in [2.05, 4.69) is 45.0 Å². The van der Waals surface area contributed by atoms with Crippen molar-refractivity contribution in [2.24, 2.45) is 10.9 Å². The molecule has 0 saturated carbocycles. The van der Waals surface area contributed by atoms with E-state index in [9.17, 15) is 0 Å². The van der Waals surface area contributed by atoms with E-state index in [0.717, 1.165) is 24.5 Å². The molecule has 6 heteroatoms. The molecule has 0 radical (unpaired) electrons. The molecule has 1 unspecified atom stereocenters. The summed E-state index contributed by atoms with van der Waals surface area (Å²) in [4.78, 5) is 9.88. The second-order valence-electron chi connectivity index (χ2n) is 5.40. The van der Waals surface area contributed by atoms with Crippen LogP contribution in [0.25, 0.3) is 0 Å². The van der Waals surface area contributed by atoms with Crippen LogP contribution in [0.15, 0.2) is 40.8 Å². The molecule has 23 heavy (non-hydrogen) atoms. The molecule has 2 aromatic rings. The number of nitrogens with zero attached hydrogens (tertiary/aromatic N) is 2. The number of thiophene rings is 1. The number of ether oxygens (including phenoxy) is 1. The van der Waals surface area contributed by atoms with Crippen LogP contribution in [0, 0.1) is 5.92 Å². The fraction of sp³-hybridized carbons (Fsp3) is 0.412. The van der Waals surface area contributed by atoms with Crippen LogP contribution < -0.4 is 15.4 Å². The van der Waals surface area contributed by atoms with Gasteiger partial charge in [-0.15, -0.1) is 11.3 Å². The first-order valence-electron chi connectivity index (χ1n) is 7.67. The largest absolute Gasteiger partial charge is 0.481 e. The van der Waals surface area contributed by atoms with Gasteiger partial charge in [0.05, 0.1) is 7.11 Å². The number of nitrogens with one attached hydrogen (secondary N) is 2. The molecule has 124 valence electrons. The summed E-state index contributed by atoms with van der Waals surface area (Å²) in [6.45, 7) is 3.81. The van der Waals surface area contributed by atoms with Crippen LogP contribution in [-0.2, 0) is 13.0 Å². The number of methoxy groups -OCH3 is 1. The third-order valence-corrected chi connectivity index (χ3v) is 4.34. The lowest BCUT2D eigenvalue weighted by Gasteiger charge is -2.15. The molecule has 0 saturated heterocycles. The lowest BCUT2D eigenvalue weighted by Crippen LogP contribution is -2.39. The second-order valence-corrected chi connectivity index (χ2v) is 6.44. The number of hydrogen-bond donors (Lipinski definition) is 2. The van der Waals surface area contributed by atoms with Crippen LogP contribution in [0.2, 0.25) is 0 Å². The van der Waals surface area contributed by atoms with Crippen molar-refractivity contribution in [3.05, 3.63) is 46.3 Å². The van der Waals surface area contributed by atoms with Gasteiger partial charge in [-0.25, -0.2) is 4.98 Å². The van der Waals surface area contributed by atoms with Gasteiger partial charge < -0.3 is 15.4 Å². The van der Waals surface area contributed by atoms with Crippen LogP contribution in [0.5, 0.6) is 5.88 Å². The molecule has 2 rings (SSSR count). The van der Waals surface area contributed by atoms with Gasteiger partial charge in [-0.1, -0.05) is 19.1 Å². The van der Waals surface area contributed by atoms with Gasteiger partial charge >= 0.3 is 0 Å². The Labute approximate surface area is 141 Å². The van der Waals surface area contributed by atoms with Crippen molar-refractivity contribution in [3.8, 4) is 5.88 Å². The first-order chi connectivity index (χ1) is 11.2. The molecule has 0 aliphatic rings. The third kappa shape index (κ3) is 5.90. The SMILES string of the molecule is CN=C(NCc1ccc(OC)nc1)NCC(C)Cc1cccs1. The number of pyridine rings is 1. The second kappa shape index (κ2) is 9.15. The maximum absolute atomic E-state index is 5.06. The van der Waals surface area contributed by atoms with Crippen LogP contribution in [0.4, 0.5) is 0 Å². The maximum Gasteiger partial charge on any atom is 0.212 e. The molecule has 2 N–H and O–H groups in total. The molecule has 0 bridgehead atoms. The summed E-state index contributed by atoms with van der Waals surface area (Å²) in [5, 5.41) is 8.79. The van der Waals surface area contributed by atoms with E-state index in [-0.39, 0.29) is 0 Å². The standard InChI is InChI=1S/C17H24N4OS/c1-13(9-15-5-4-8-23-15)10-20-17(18-2)21-12-14-6-7-16(22-3)19-11-14/h4-8,11,13H,9-10,12H2,1-3H3,(H2,18,20,21). The highest BCUT2D eigenvalue weighted by atomic mass is 32.1. The van der Waals surface area contributed by atoms with Gasteiger partial charge in [0.25, 0.3) is 0 Å². The third-order valence-electron chi connectivity index (χ3n) is 3.44. The van der Waals surface area contributed by atoms with Crippen molar-refractivity contribution in [2.75, 3.05) is 20.7 Å². The van der Waals surface area contributed by atoms with Gasteiger partial charge in [0.15, 0.2) is 5.96 Å². The Hall–Kier alpha value is -2.08. The van der Waals surface area contributed by atoms with Crippen molar-refractivity contribution >= 4 is 17.3 Å². The topological polar surface area (TPSA) is 58.5 Å². The van der Waals surface area contributed by atoms with Crippen molar-refractivity contribution in [3.63, 3.8) is 0 Å². The Morgan fingerprint density at radius 1 is 1.35 bits per heavy atom. The molecule has 0 amide bonds. The lowest BCUT2D eigenvalue weighted by molar-refractivity contribution is 0.397. The van der Waals surface area contributed by atoms with E-state index in [1.165, 1.54) is 4.88 Å². The summed E-state index contributed by atoms with van der Waals surface area (Å²) in [5.74, 6) is 1.98. The molecule has 2 aromatic heterocycles. The molecule has 2 heterocycles. The van der Waals surface area contributed by atoms with Gasteiger partial charge in [-0.2, -0.15) is 0 Å². The molecular formula is C17H24N4OS. The van der Waals surface area contributed by atoms with Gasteiger partial charge in [0, 0.05) is 37.3 Å². The highest BCUT2D eigenvalue weighted by molar-refractivity contribution is 7.09. The van der Waals surface area contributed by atoms with E-state index >= 15 is 0 Å². The predicted molar refractivity (Wildman–Crippen MR) is 96.2 cm³/mol. The Morgan fingerprint density at radius 3 is 2.83 bits per heavy atom. The number of rotatable bonds is 7. The van der Waals surface area contributed by atoms with Crippen LogP contribution in [-0.4, -0.2) is 31.6 Å². The van der Waals surface area contributed by atoms with Gasteiger partial charge in [-0.3, -0.25) is 4.99 Å². The highest BCUT2D eigenvalue weighted by Crippen LogP contribution is 2.13. The van der Waals surface area contributed by atoms with E-state index in [1.54, 1.807) is 20.4 Å². The summed E-state index contributed by atoms with van der Waals surface area (Å²) < 4.78 is 5.06. The summed E-state index contributed by atoms with van der Waals surface area (Å²) in [5.41, 5.74) is 1.08. The van der Waals surface area contributed by atoms with E-state index in [1.807, 2.05) is 23.5 Å². The summed E-state index contributed by atoms with van der Waals surface area (Å²) in [7, 11) is 3.40. The first kappa shape index (κ1) is 17.3. The van der Waals surface area contributed by atoms with Crippen molar-refractivity contribution in [1.29, 1.82) is 0 Å². The summed E-state index contributed by atoms with van der Waals surface area (Å²) in [6, 6.07) is 8.14. The molecule has 0 aliphatic heterocycles. The average Bonchev–Trinajstić information content (AvgIpc) is 3.08. The van der Waals surface area contributed by atoms with E-state index < -0.39 is 0 Å². The smallest absolute Gasteiger partial charge is 0.212 e. The summed E-state index contributed by atoms with van der Waals surface area (Å²) in [6.07, 6.45) is 2.89.